The van der Waals surface area contributed by atoms with Crippen molar-refractivity contribution in [2.75, 3.05) is 6.61 Å². The van der Waals surface area contributed by atoms with Gasteiger partial charge in [0.15, 0.2) is 0 Å². The van der Waals surface area contributed by atoms with Gasteiger partial charge in [-0.25, -0.2) is 9.59 Å². The van der Waals surface area contributed by atoms with Gasteiger partial charge in [0.2, 0.25) is 0 Å². The predicted octanol–water partition coefficient (Wildman–Crippen LogP) is 1.75. The van der Waals surface area contributed by atoms with E-state index < -0.39 is 11.9 Å². The highest BCUT2D eigenvalue weighted by Crippen LogP contribution is 2.04. The number of carboxylic acids is 1. The molecule has 0 aliphatic heterocycles. The molecule has 80 valence electrons. The first-order valence-electron chi connectivity index (χ1n) is 4.74. The van der Waals surface area contributed by atoms with Crippen LogP contribution >= 0.6 is 0 Å². The Morgan fingerprint density at radius 3 is 2.43 bits per heavy atom. The van der Waals surface area contributed by atoms with Crippen molar-refractivity contribution < 1.29 is 19.4 Å². The van der Waals surface area contributed by atoms with Gasteiger partial charge < -0.3 is 9.84 Å². The molecule has 0 aromatic carbocycles. The summed E-state index contributed by atoms with van der Waals surface area (Å²) < 4.78 is 4.61. The van der Waals surface area contributed by atoms with Gasteiger partial charge in [-0.2, -0.15) is 0 Å². The maximum absolute atomic E-state index is 11.1. The van der Waals surface area contributed by atoms with Gasteiger partial charge >= 0.3 is 11.9 Å². The first-order chi connectivity index (χ1) is 6.63. The zero-order valence-electron chi connectivity index (χ0n) is 8.58. The predicted molar refractivity (Wildman–Crippen MR) is 51.9 cm³/mol. The summed E-state index contributed by atoms with van der Waals surface area (Å²) in [4.78, 5) is 21.7. The van der Waals surface area contributed by atoms with Gasteiger partial charge in [0.1, 0.15) is 5.57 Å². The Kier molecular flexibility index (Phi) is 6.45. The first kappa shape index (κ1) is 12.7. The number of carbonyl (C=O) groups is 2. The summed E-state index contributed by atoms with van der Waals surface area (Å²) in [5, 5.41) is 8.70. The summed E-state index contributed by atoms with van der Waals surface area (Å²) in [6, 6.07) is 0. The Morgan fingerprint density at radius 1 is 1.36 bits per heavy atom. The van der Waals surface area contributed by atoms with Crippen LogP contribution in [-0.4, -0.2) is 23.7 Å². The summed E-state index contributed by atoms with van der Waals surface area (Å²) in [6.07, 6.45) is 3.85. The zero-order valence-corrected chi connectivity index (χ0v) is 8.58. The second-order valence-electron chi connectivity index (χ2n) is 2.79. The Morgan fingerprint density at radius 2 is 2.00 bits per heavy atom. The fourth-order valence-electron chi connectivity index (χ4n) is 0.917. The number of carboxylic acid groups (broad SMARTS) is 1. The minimum Gasteiger partial charge on any atom is -0.477 e. The maximum Gasteiger partial charge on any atom is 0.345 e. The van der Waals surface area contributed by atoms with E-state index in [4.69, 9.17) is 5.11 Å². The number of allylic oxidation sites excluding steroid dienone is 1. The molecule has 1 N–H and O–H groups in total. The van der Waals surface area contributed by atoms with Crippen LogP contribution in [0.15, 0.2) is 11.6 Å². The van der Waals surface area contributed by atoms with Crippen molar-refractivity contribution in [3.8, 4) is 0 Å². The van der Waals surface area contributed by atoms with Crippen molar-refractivity contribution in [1.29, 1.82) is 0 Å². The number of carbonyl (C=O) groups excluding carboxylic acids is 1. The highest BCUT2D eigenvalue weighted by molar-refractivity contribution is 6.13. The molecule has 0 amide bonds. The normalized spacial score (nSPS) is 11.1. The lowest BCUT2D eigenvalue weighted by atomic mass is 10.1. The molecular weight excluding hydrogens is 184 g/mol. The van der Waals surface area contributed by atoms with Crippen molar-refractivity contribution in [1.82, 2.24) is 0 Å². The quantitative estimate of drug-likeness (QED) is 0.233. The van der Waals surface area contributed by atoms with Crippen LogP contribution in [0.5, 0.6) is 0 Å². The van der Waals surface area contributed by atoms with E-state index in [2.05, 4.69) is 4.74 Å². The zero-order chi connectivity index (χ0) is 11.0. The third-order valence-corrected chi connectivity index (χ3v) is 1.63. The standard InChI is InChI=1S/C10H16O4/c1-3-5-6-7-8(9(11)12)10(13)14-4-2/h7H,3-6H2,1-2H3,(H,11,12). The largest absolute Gasteiger partial charge is 0.477 e. The van der Waals surface area contributed by atoms with Crippen LogP contribution in [0.25, 0.3) is 0 Å². The molecule has 0 saturated carbocycles. The van der Waals surface area contributed by atoms with Crippen LogP contribution in [0.2, 0.25) is 0 Å². The number of hydrogen-bond donors (Lipinski definition) is 1. The van der Waals surface area contributed by atoms with Crippen LogP contribution in [0, 0.1) is 0 Å². The molecular formula is C10H16O4. The van der Waals surface area contributed by atoms with E-state index in [1.54, 1.807) is 6.92 Å². The Hall–Kier alpha value is -1.32. The van der Waals surface area contributed by atoms with Gasteiger partial charge in [-0.15, -0.1) is 0 Å². The SMILES string of the molecule is CCCCC=C(C(=O)O)C(=O)OCC. The fourth-order valence-corrected chi connectivity index (χ4v) is 0.917. The Bertz CT molecular complexity index is 230. The molecule has 0 fully saturated rings. The lowest BCUT2D eigenvalue weighted by Gasteiger charge is -2.01. The molecule has 0 spiro atoms. The Labute approximate surface area is 83.6 Å². The summed E-state index contributed by atoms with van der Waals surface area (Å²) in [7, 11) is 0. The second-order valence-corrected chi connectivity index (χ2v) is 2.79. The van der Waals surface area contributed by atoms with E-state index >= 15 is 0 Å². The lowest BCUT2D eigenvalue weighted by molar-refractivity contribution is -0.143. The van der Waals surface area contributed by atoms with Crippen molar-refractivity contribution in [3.05, 3.63) is 11.6 Å². The minimum absolute atomic E-state index is 0.192. The minimum atomic E-state index is -1.22. The van der Waals surface area contributed by atoms with E-state index in [0.29, 0.717) is 6.42 Å². The molecule has 4 nitrogen and oxygen atoms in total. The number of unbranched alkanes of at least 4 members (excludes halogenated alkanes) is 2. The van der Waals surface area contributed by atoms with Gasteiger partial charge in [0, 0.05) is 0 Å². The van der Waals surface area contributed by atoms with E-state index in [0.717, 1.165) is 12.8 Å². The molecule has 0 aromatic heterocycles. The molecule has 0 radical (unpaired) electrons. The van der Waals surface area contributed by atoms with Gasteiger partial charge in [-0.05, 0) is 13.3 Å². The van der Waals surface area contributed by atoms with Crippen LogP contribution in [0.3, 0.4) is 0 Å². The molecule has 0 bridgehead atoms. The van der Waals surface area contributed by atoms with Gasteiger partial charge in [-0.3, -0.25) is 0 Å². The molecule has 14 heavy (non-hydrogen) atoms. The summed E-state index contributed by atoms with van der Waals surface area (Å²) >= 11 is 0. The molecule has 0 atom stereocenters. The van der Waals surface area contributed by atoms with Crippen molar-refractivity contribution in [2.45, 2.75) is 33.1 Å². The summed E-state index contributed by atoms with van der Waals surface area (Å²) in [5.41, 5.74) is -0.264. The van der Waals surface area contributed by atoms with E-state index in [1.807, 2.05) is 6.92 Å². The molecule has 0 rings (SSSR count). The summed E-state index contributed by atoms with van der Waals surface area (Å²) in [5.74, 6) is -1.98. The average Bonchev–Trinajstić information content (AvgIpc) is 2.12. The molecule has 0 aliphatic rings. The number of ether oxygens (including phenoxy) is 1. The Balaban J connectivity index is 4.35. The maximum atomic E-state index is 11.1. The van der Waals surface area contributed by atoms with Crippen LogP contribution in [-0.2, 0) is 14.3 Å². The average molecular weight is 200 g/mol. The van der Waals surface area contributed by atoms with Crippen LogP contribution < -0.4 is 0 Å². The monoisotopic (exact) mass is 200 g/mol. The lowest BCUT2D eigenvalue weighted by Crippen LogP contribution is -2.15. The second kappa shape index (κ2) is 7.12. The van der Waals surface area contributed by atoms with Gasteiger partial charge in [-0.1, -0.05) is 25.8 Å². The molecule has 0 aromatic rings. The fraction of sp³-hybridized carbons (Fsp3) is 0.600. The number of aliphatic carboxylic acids is 1. The van der Waals surface area contributed by atoms with Crippen LogP contribution in [0.4, 0.5) is 0 Å². The molecule has 0 saturated heterocycles. The van der Waals surface area contributed by atoms with E-state index in [9.17, 15) is 9.59 Å². The third-order valence-electron chi connectivity index (χ3n) is 1.63. The van der Waals surface area contributed by atoms with Crippen molar-refractivity contribution in [3.63, 3.8) is 0 Å². The van der Waals surface area contributed by atoms with Crippen molar-refractivity contribution >= 4 is 11.9 Å². The van der Waals surface area contributed by atoms with E-state index in [-0.39, 0.29) is 12.2 Å². The van der Waals surface area contributed by atoms with Crippen molar-refractivity contribution in [2.24, 2.45) is 0 Å². The highest BCUT2D eigenvalue weighted by Gasteiger charge is 2.17. The number of hydrogen-bond acceptors (Lipinski definition) is 3. The van der Waals surface area contributed by atoms with Crippen LogP contribution in [0.1, 0.15) is 33.1 Å². The smallest absolute Gasteiger partial charge is 0.345 e. The number of esters is 1. The molecule has 4 heteroatoms. The highest BCUT2D eigenvalue weighted by atomic mass is 16.5. The summed E-state index contributed by atoms with van der Waals surface area (Å²) in [6.45, 7) is 3.83. The topological polar surface area (TPSA) is 63.6 Å². The molecule has 0 heterocycles. The van der Waals surface area contributed by atoms with Gasteiger partial charge in [0.25, 0.3) is 0 Å². The van der Waals surface area contributed by atoms with E-state index in [1.165, 1.54) is 6.08 Å². The first-order valence-corrected chi connectivity index (χ1v) is 4.74. The number of rotatable bonds is 6. The molecule has 0 aliphatic carbocycles. The molecule has 0 unspecified atom stereocenters. The van der Waals surface area contributed by atoms with Gasteiger partial charge in [0.05, 0.1) is 6.61 Å². The third kappa shape index (κ3) is 4.64.